The van der Waals surface area contributed by atoms with Gasteiger partial charge in [-0.3, -0.25) is 0 Å². The largest absolute Gasteiger partial charge is 0.378 e. The van der Waals surface area contributed by atoms with Crippen LogP contribution in [0.1, 0.15) is 202 Å². The highest BCUT2D eigenvalue weighted by molar-refractivity contribution is 5.25. The Morgan fingerprint density at radius 1 is 0.739 bits per heavy atom. The van der Waals surface area contributed by atoms with E-state index in [0.717, 1.165) is 42.1 Å². The van der Waals surface area contributed by atoms with Crippen LogP contribution in [0.2, 0.25) is 0 Å². The molecule has 4 aliphatic carbocycles. The van der Waals surface area contributed by atoms with Crippen LogP contribution in [0.25, 0.3) is 0 Å². The third-order valence-corrected chi connectivity index (χ3v) is 14.3. The standard InChI is InChI=1S/C45H80O/c1-7-8-9-10-11-12-13-14-15-16-17-18-19-20-21-22-34-46-39-30-32-44(5)38(35-39)26-27-40-42-29-28-41(37(4)25-23-24-36(2)3)45(42,6)33-31-43(40)44/h14-15,26,36-37,39-43H,7-13,16-25,27-35H2,1-6H3/b15-14-/t37-,39?,40+,41-,42+,43+,44+,45-/m1/s1. The highest BCUT2D eigenvalue weighted by atomic mass is 16.5. The molecule has 0 heterocycles. The lowest BCUT2D eigenvalue weighted by Crippen LogP contribution is -2.51. The van der Waals surface area contributed by atoms with Crippen LogP contribution in [-0.2, 0) is 4.74 Å². The molecular formula is C45H80O. The molecule has 266 valence electrons. The average Bonchev–Trinajstić information content (AvgIpc) is 3.39. The summed E-state index contributed by atoms with van der Waals surface area (Å²) in [5, 5.41) is 0. The van der Waals surface area contributed by atoms with Crippen molar-refractivity contribution in [1.29, 1.82) is 0 Å². The molecule has 4 aliphatic rings. The second-order valence-electron chi connectivity index (χ2n) is 18.0. The van der Waals surface area contributed by atoms with Gasteiger partial charge in [0.1, 0.15) is 0 Å². The fourth-order valence-corrected chi connectivity index (χ4v) is 11.4. The van der Waals surface area contributed by atoms with Crippen LogP contribution in [0.15, 0.2) is 23.8 Å². The Balaban J connectivity index is 1.09. The van der Waals surface area contributed by atoms with Gasteiger partial charge in [-0.25, -0.2) is 0 Å². The Kier molecular flexibility index (Phi) is 16.3. The maximum Gasteiger partial charge on any atom is 0.0612 e. The number of allylic oxidation sites excluding steroid dienone is 3. The van der Waals surface area contributed by atoms with Gasteiger partial charge < -0.3 is 4.74 Å². The topological polar surface area (TPSA) is 9.23 Å². The number of ether oxygens (including phenoxy) is 1. The normalized spacial score (nSPS) is 33.2. The summed E-state index contributed by atoms with van der Waals surface area (Å²) in [5.74, 6) is 5.58. The monoisotopic (exact) mass is 637 g/mol. The molecule has 1 unspecified atom stereocenters. The molecule has 1 heteroatoms. The van der Waals surface area contributed by atoms with Crippen LogP contribution >= 0.6 is 0 Å². The van der Waals surface area contributed by atoms with Gasteiger partial charge in [-0.05, 0) is 130 Å². The van der Waals surface area contributed by atoms with Crippen LogP contribution in [0.3, 0.4) is 0 Å². The summed E-state index contributed by atoms with van der Waals surface area (Å²) in [5.41, 5.74) is 2.85. The van der Waals surface area contributed by atoms with E-state index in [4.69, 9.17) is 4.74 Å². The second kappa shape index (κ2) is 19.6. The molecule has 0 aliphatic heterocycles. The average molecular weight is 637 g/mol. The van der Waals surface area contributed by atoms with Gasteiger partial charge in [0.15, 0.2) is 0 Å². The van der Waals surface area contributed by atoms with Gasteiger partial charge >= 0.3 is 0 Å². The van der Waals surface area contributed by atoms with E-state index in [1.165, 1.54) is 161 Å². The Labute approximate surface area is 289 Å². The van der Waals surface area contributed by atoms with Crippen LogP contribution in [0, 0.1) is 46.3 Å². The molecule has 0 spiro atoms. The lowest BCUT2D eigenvalue weighted by atomic mass is 9.47. The molecule has 4 rings (SSSR count). The second-order valence-corrected chi connectivity index (χ2v) is 18.0. The van der Waals surface area contributed by atoms with E-state index in [9.17, 15) is 0 Å². The molecule has 1 nitrogen and oxygen atoms in total. The summed E-state index contributed by atoms with van der Waals surface area (Å²) >= 11 is 0. The van der Waals surface area contributed by atoms with Crippen molar-refractivity contribution < 1.29 is 4.74 Å². The number of rotatable bonds is 22. The summed E-state index contributed by atoms with van der Waals surface area (Å²) in [6.07, 6.45) is 42.9. The molecule has 0 bridgehead atoms. The first kappa shape index (κ1) is 38.2. The third-order valence-electron chi connectivity index (χ3n) is 14.3. The van der Waals surface area contributed by atoms with Crippen LogP contribution in [0.5, 0.6) is 0 Å². The molecule has 0 aromatic heterocycles. The maximum absolute atomic E-state index is 6.55. The van der Waals surface area contributed by atoms with Crippen molar-refractivity contribution in [2.24, 2.45) is 46.3 Å². The molecule has 0 saturated heterocycles. The first-order valence-corrected chi connectivity index (χ1v) is 21.3. The lowest BCUT2D eigenvalue weighted by Gasteiger charge is -2.58. The molecule has 3 saturated carbocycles. The molecular weight excluding hydrogens is 556 g/mol. The molecule has 8 atom stereocenters. The predicted molar refractivity (Wildman–Crippen MR) is 202 cm³/mol. The van der Waals surface area contributed by atoms with E-state index < -0.39 is 0 Å². The summed E-state index contributed by atoms with van der Waals surface area (Å²) in [4.78, 5) is 0. The molecule has 0 amide bonds. The zero-order valence-corrected chi connectivity index (χ0v) is 32.1. The zero-order valence-electron chi connectivity index (χ0n) is 32.1. The highest BCUT2D eigenvalue weighted by Crippen LogP contribution is 2.67. The summed E-state index contributed by atoms with van der Waals surface area (Å²) < 4.78 is 6.55. The Morgan fingerprint density at radius 3 is 2.11 bits per heavy atom. The van der Waals surface area contributed by atoms with Gasteiger partial charge in [0, 0.05) is 6.61 Å². The number of hydrogen-bond donors (Lipinski definition) is 0. The van der Waals surface area contributed by atoms with Gasteiger partial charge in [0.2, 0.25) is 0 Å². The Morgan fingerprint density at radius 2 is 1.41 bits per heavy atom. The minimum Gasteiger partial charge on any atom is -0.378 e. The fourth-order valence-electron chi connectivity index (χ4n) is 11.4. The minimum absolute atomic E-state index is 0.453. The van der Waals surface area contributed by atoms with Gasteiger partial charge in [-0.15, -0.1) is 0 Å². The van der Waals surface area contributed by atoms with Crippen molar-refractivity contribution in [3.8, 4) is 0 Å². The fraction of sp³-hybridized carbons (Fsp3) is 0.911. The van der Waals surface area contributed by atoms with Gasteiger partial charge in [0.05, 0.1) is 6.10 Å². The van der Waals surface area contributed by atoms with Crippen molar-refractivity contribution in [3.05, 3.63) is 23.8 Å². The van der Waals surface area contributed by atoms with Gasteiger partial charge in [-0.1, -0.05) is 142 Å². The van der Waals surface area contributed by atoms with Crippen LogP contribution < -0.4 is 0 Å². The van der Waals surface area contributed by atoms with Crippen molar-refractivity contribution in [2.75, 3.05) is 6.61 Å². The molecule has 0 N–H and O–H groups in total. The van der Waals surface area contributed by atoms with Gasteiger partial charge in [0.25, 0.3) is 0 Å². The SMILES string of the molecule is CCCCCCCC/C=C\CCCCCCCCOC1CC[C@@]2(C)C(=CC[C@H]3[C@@H]4CC[C@H]([C@H](C)CCCC(C)C)[C@@]4(C)CC[C@@H]32)C1. The summed E-state index contributed by atoms with van der Waals surface area (Å²) in [6, 6.07) is 0. The molecule has 0 aromatic rings. The Hall–Kier alpha value is -0.560. The summed E-state index contributed by atoms with van der Waals surface area (Å²) in [6.45, 7) is 16.1. The minimum atomic E-state index is 0.453. The van der Waals surface area contributed by atoms with E-state index >= 15 is 0 Å². The summed E-state index contributed by atoms with van der Waals surface area (Å²) in [7, 11) is 0. The van der Waals surface area contributed by atoms with Crippen molar-refractivity contribution in [2.45, 2.75) is 208 Å². The predicted octanol–water partition coefficient (Wildman–Crippen LogP) is 14.5. The highest BCUT2D eigenvalue weighted by Gasteiger charge is 2.59. The van der Waals surface area contributed by atoms with E-state index in [1.807, 2.05) is 0 Å². The van der Waals surface area contributed by atoms with Crippen molar-refractivity contribution in [1.82, 2.24) is 0 Å². The van der Waals surface area contributed by atoms with Crippen LogP contribution in [-0.4, -0.2) is 12.7 Å². The third kappa shape index (κ3) is 10.5. The molecule has 0 radical (unpaired) electrons. The Bertz CT molecular complexity index is 899. The molecule has 46 heavy (non-hydrogen) atoms. The lowest BCUT2D eigenvalue weighted by molar-refractivity contribution is -0.0641. The number of hydrogen-bond acceptors (Lipinski definition) is 1. The van der Waals surface area contributed by atoms with E-state index in [1.54, 1.807) is 5.57 Å². The smallest absolute Gasteiger partial charge is 0.0612 e. The maximum atomic E-state index is 6.55. The van der Waals surface area contributed by atoms with E-state index in [0.29, 0.717) is 16.9 Å². The zero-order chi connectivity index (χ0) is 32.8. The number of fused-ring (bicyclic) bond motifs is 5. The molecule has 3 fully saturated rings. The van der Waals surface area contributed by atoms with Crippen molar-refractivity contribution >= 4 is 0 Å². The quantitative estimate of drug-likeness (QED) is 0.0848. The van der Waals surface area contributed by atoms with Crippen molar-refractivity contribution in [3.63, 3.8) is 0 Å². The number of unbranched alkanes of at least 4 members (excludes halogenated alkanes) is 12. The first-order valence-electron chi connectivity index (χ1n) is 21.3. The van der Waals surface area contributed by atoms with Crippen LogP contribution in [0.4, 0.5) is 0 Å². The van der Waals surface area contributed by atoms with Gasteiger partial charge in [-0.2, -0.15) is 0 Å². The van der Waals surface area contributed by atoms with E-state index in [-0.39, 0.29) is 0 Å². The molecule has 0 aromatic carbocycles. The van der Waals surface area contributed by atoms with E-state index in [2.05, 4.69) is 59.8 Å². The first-order chi connectivity index (χ1) is 22.3.